The average molecular weight is 296 g/mol. The van der Waals surface area contributed by atoms with E-state index >= 15 is 0 Å². The Labute approximate surface area is 111 Å². The number of sulfone groups is 1. The monoisotopic (exact) mass is 295 g/mol. The molecule has 0 atom stereocenters. The highest BCUT2D eigenvalue weighted by Crippen LogP contribution is 2.20. The molecule has 0 fully saturated rings. The minimum Gasteiger partial charge on any atom is -0.492 e. The smallest absolute Gasteiger partial charge is 0.148 e. The highest BCUT2D eigenvalue weighted by molar-refractivity contribution is 7.90. The van der Waals surface area contributed by atoms with Crippen LogP contribution in [0, 0.1) is 5.82 Å². The van der Waals surface area contributed by atoms with Crippen LogP contribution in [-0.4, -0.2) is 40.1 Å². The van der Waals surface area contributed by atoms with Crippen molar-refractivity contribution in [3.05, 3.63) is 29.0 Å². The SMILES string of the molecule is CS(=O)(=O)CCNCCOc1ccc(F)c(Cl)c1. The normalized spacial score (nSPS) is 11.5. The van der Waals surface area contributed by atoms with Gasteiger partial charge in [0.1, 0.15) is 28.0 Å². The van der Waals surface area contributed by atoms with Gasteiger partial charge in [-0.05, 0) is 12.1 Å². The number of rotatable bonds is 7. The molecule has 4 nitrogen and oxygen atoms in total. The summed E-state index contributed by atoms with van der Waals surface area (Å²) < 4.78 is 39.8. The van der Waals surface area contributed by atoms with E-state index in [1.165, 1.54) is 24.5 Å². The van der Waals surface area contributed by atoms with Crippen LogP contribution in [0.15, 0.2) is 18.2 Å². The maximum absolute atomic E-state index is 12.8. The molecule has 1 aromatic rings. The average Bonchev–Trinajstić information content (AvgIpc) is 2.26. The molecule has 1 rings (SSSR count). The Morgan fingerprint density at radius 2 is 2.11 bits per heavy atom. The van der Waals surface area contributed by atoms with Crippen LogP contribution in [0.3, 0.4) is 0 Å². The van der Waals surface area contributed by atoms with Gasteiger partial charge in [0.2, 0.25) is 0 Å². The van der Waals surface area contributed by atoms with Gasteiger partial charge in [0.15, 0.2) is 0 Å². The maximum atomic E-state index is 12.8. The van der Waals surface area contributed by atoms with Crippen molar-refractivity contribution in [2.24, 2.45) is 0 Å². The molecule has 0 heterocycles. The Balaban J connectivity index is 2.20. The lowest BCUT2D eigenvalue weighted by molar-refractivity contribution is 0.315. The van der Waals surface area contributed by atoms with Crippen LogP contribution in [0.25, 0.3) is 0 Å². The lowest BCUT2D eigenvalue weighted by atomic mass is 10.3. The van der Waals surface area contributed by atoms with Crippen molar-refractivity contribution >= 4 is 21.4 Å². The van der Waals surface area contributed by atoms with Crippen LogP contribution in [0.4, 0.5) is 4.39 Å². The van der Waals surface area contributed by atoms with Crippen molar-refractivity contribution in [3.8, 4) is 5.75 Å². The van der Waals surface area contributed by atoms with Gasteiger partial charge in [-0.15, -0.1) is 0 Å². The molecule has 18 heavy (non-hydrogen) atoms. The lowest BCUT2D eigenvalue weighted by Gasteiger charge is -2.07. The fourth-order valence-corrected chi connectivity index (χ4v) is 1.88. The van der Waals surface area contributed by atoms with Crippen LogP contribution in [0.5, 0.6) is 5.75 Å². The van der Waals surface area contributed by atoms with Crippen LogP contribution >= 0.6 is 11.6 Å². The highest BCUT2D eigenvalue weighted by Gasteiger charge is 2.02. The predicted octanol–water partition coefficient (Wildman–Crippen LogP) is 1.49. The standard InChI is InChI=1S/C11H15ClFNO3S/c1-18(15,16)7-5-14-4-6-17-9-2-3-11(13)10(12)8-9/h2-3,8,14H,4-7H2,1H3. The molecule has 1 aromatic carbocycles. The first-order chi connectivity index (χ1) is 8.38. The van der Waals surface area contributed by atoms with E-state index in [0.717, 1.165) is 0 Å². The van der Waals surface area contributed by atoms with Crippen LogP contribution in [-0.2, 0) is 9.84 Å². The minimum absolute atomic E-state index is 0.0116. The summed E-state index contributed by atoms with van der Waals surface area (Å²) in [6.07, 6.45) is 1.19. The Hall–Kier alpha value is -0.850. The van der Waals surface area contributed by atoms with Gasteiger partial charge >= 0.3 is 0 Å². The van der Waals surface area contributed by atoms with Crippen molar-refractivity contribution in [2.75, 3.05) is 31.7 Å². The van der Waals surface area contributed by atoms with E-state index in [9.17, 15) is 12.8 Å². The van der Waals surface area contributed by atoms with Crippen LogP contribution in [0.1, 0.15) is 0 Å². The third-order valence-corrected chi connectivity index (χ3v) is 3.32. The van der Waals surface area contributed by atoms with Gasteiger partial charge in [0.25, 0.3) is 0 Å². The predicted molar refractivity (Wildman–Crippen MR) is 69.5 cm³/mol. The van der Waals surface area contributed by atoms with E-state index in [1.807, 2.05) is 0 Å². The van der Waals surface area contributed by atoms with Gasteiger partial charge in [-0.2, -0.15) is 0 Å². The van der Waals surface area contributed by atoms with Gasteiger partial charge in [0.05, 0.1) is 10.8 Å². The molecule has 0 aromatic heterocycles. The van der Waals surface area contributed by atoms with E-state index in [1.54, 1.807) is 0 Å². The third-order valence-electron chi connectivity index (χ3n) is 2.09. The first kappa shape index (κ1) is 15.2. The molecule has 0 spiro atoms. The van der Waals surface area contributed by atoms with Gasteiger partial charge < -0.3 is 10.1 Å². The highest BCUT2D eigenvalue weighted by atomic mass is 35.5. The molecule has 0 aliphatic heterocycles. The first-order valence-electron chi connectivity index (χ1n) is 5.35. The molecule has 1 N–H and O–H groups in total. The number of hydrogen-bond donors (Lipinski definition) is 1. The summed E-state index contributed by atoms with van der Waals surface area (Å²) in [5, 5.41) is 2.94. The van der Waals surface area contributed by atoms with Crippen molar-refractivity contribution in [3.63, 3.8) is 0 Å². The summed E-state index contributed by atoms with van der Waals surface area (Å²) in [5.74, 6) is 0.0802. The summed E-state index contributed by atoms with van der Waals surface area (Å²) in [7, 11) is -2.94. The van der Waals surface area contributed by atoms with E-state index in [0.29, 0.717) is 25.4 Å². The molecule has 7 heteroatoms. The van der Waals surface area contributed by atoms with E-state index < -0.39 is 15.7 Å². The molecule has 0 saturated carbocycles. The van der Waals surface area contributed by atoms with Crippen molar-refractivity contribution < 1.29 is 17.5 Å². The molecule has 102 valence electrons. The first-order valence-corrected chi connectivity index (χ1v) is 7.78. The quantitative estimate of drug-likeness (QED) is 0.775. The number of nitrogens with one attached hydrogen (secondary N) is 1. The number of hydrogen-bond acceptors (Lipinski definition) is 4. The molecule has 0 saturated heterocycles. The summed E-state index contributed by atoms with van der Waals surface area (Å²) in [6.45, 7) is 1.24. The second-order valence-corrected chi connectivity index (χ2v) is 6.47. The lowest BCUT2D eigenvalue weighted by Crippen LogP contribution is -2.26. The topological polar surface area (TPSA) is 55.4 Å². The number of halogens is 2. The summed E-state index contributed by atoms with van der Waals surface area (Å²) in [4.78, 5) is 0. The van der Waals surface area contributed by atoms with Gasteiger partial charge in [0, 0.05) is 25.4 Å². The van der Waals surface area contributed by atoms with Crippen LogP contribution in [0.2, 0.25) is 5.02 Å². The molecule has 0 unspecified atom stereocenters. The third kappa shape index (κ3) is 6.18. The zero-order valence-electron chi connectivity index (χ0n) is 9.95. The van der Waals surface area contributed by atoms with Gasteiger partial charge in [-0.25, -0.2) is 12.8 Å². The van der Waals surface area contributed by atoms with Gasteiger partial charge in [-0.3, -0.25) is 0 Å². The van der Waals surface area contributed by atoms with Crippen molar-refractivity contribution in [1.82, 2.24) is 5.32 Å². The summed E-state index contributed by atoms with van der Waals surface area (Å²) in [6, 6.07) is 4.11. The Morgan fingerprint density at radius 3 is 2.72 bits per heavy atom. The molecule has 0 aliphatic rings. The summed E-state index contributed by atoms with van der Waals surface area (Å²) in [5.41, 5.74) is 0. The maximum Gasteiger partial charge on any atom is 0.148 e. The Kier molecular flexibility index (Phi) is 5.84. The fourth-order valence-electron chi connectivity index (χ4n) is 1.19. The minimum atomic E-state index is -2.94. The fraction of sp³-hybridized carbons (Fsp3) is 0.455. The van der Waals surface area contributed by atoms with Crippen molar-refractivity contribution in [2.45, 2.75) is 0 Å². The number of benzene rings is 1. The second kappa shape index (κ2) is 6.92. The van der Waals surface area contributed by atoms with E-state index in [2.05, 4.69) is 5.32 Å². The second-order valence-electron chi connectivity index (χ2n) is 3.80. The van der Waals surface area contributed by atoms with E-state index in [-0.39, 0.29) is 10.8 Å². The molecule has 0 aliphatic carbocycles. The number of ether oxygens (including phenoxy) is 1. The van der Waals surface area contributed by atoms with Crippen LogP contribution < -0.4 is 10.1 Å². The zero-order chi connectivity index (χ0) is 13.6. The zero-order valence-corrected chi connectivity index (χ0v) is 11.5. The molecule has 0 amide bonds. The molecular weight excluding hydrogens is 281 g/mol. The molecular formula is C11H15ClFNO3S. The Bertz CT molecular complexity index is 493. The molecule has 0 bridgehead atoms. The van der Waals surface area contributed by atoms with Gasteiger partial charge in [-0.1, -0.05) is 11.6 Å². The Morgan fingerprint density at radius 1 is 1.39 bits per heavy atom. The van der Waals surface area contributed by atoms with E-state index in [4.69, 9.17) is 16.3 Å². The van der Waals surface area contributed by atoms with Crippen molar-refractivity contribution in [1.29, 1.82) is 0 Å². The molecule has 0 radical (unpaired) electrons. The largest absolute Gasteiger partial charge is 0.492 e. The summed E-state index contributed by atoms with van der Waals surface area (Å²) >= 11 is 5.59.